The number of hydrogen-bond donors (Lipinski definition) is 2. The summed E-state index contributed by atoms with van der Waals surface area (Å²) < 4.78 is 0. The fourth-order valence-electron chi connectivity index (χ4n) is 1.28. The van der Waals surface area contributed by atoms with Crippen molar-refractivity contribution in [2.45, 2.75) is 6.92 Å². The van der Waals surface area contributed by atoms with Crippen molar-refractivity contribution in [1.29, 1.82) is 0 Å². The number of aromatic amines is 1. The van der Waals surface area contributed by atoms with Crippen LogP contribution in [0, 0.1) is 6.92 Å². The highest BCUT2D eigenvalue weighted by atomic mass is 32.1. The van der Waals surface area contributed by atoms with Gasteiger partial charge in [0, 0.05) is 10.9 Å². The summed E-state index contributed by atoms with van der Waals surface area (Å²) in [6, 6.07) is 5.29. The summed E-state index contributed by atoms with van der Waals surface area (Å²) in [7, 11) is 0. The van der Waals surface area contributed by atoms with Crippen LogP contribution in [0.15, 0.2) is 28.4 Å². The zero-order valence-corrected chi connectivity index (χ0v) is 8.39. The van der Waals surface area contributed by atoms with Gasteiger partial charge in [0.1, 0.15) is 5.75 Å². The molecular weight excluding hydrogens is 198 g/mol. The van der Waals surface area contributed by atoms with Crippen LogP contribution >= 0.6 is 11.3 Å². The van der Waals surface area contributed by atoms with Gasteiger partial charge < -0.3 is 10.1 Å². The third-order valence-corrected chi connectivity index (χ3v) is 2.63. The Kier molecular flexibility index (Phi) is 2.13. The number of hydrogen-bond acceptors (Lipinski definition) is 3. The molecule has 0 bridgehead atoms. The van der Waals surface area contributed by atoms with Gasteiger partial charge in [0.15, 0.2) is 0 Å². The number of H-pyrrole nitrogens is 1. The van der Waals surface area contributed by atoms with Gasteiger partial charge in [-0.1, -0.05) is 23.0 Å². The minimum Gasteiger partial charge on any atom is -0.507 e. The summed E-state index contributed by atoms with van der Waals surface area (Å²) in [4.78, 5) is 13.5. The fraction of sp³-hybridized carbons (Fsp3) is 0.100. The van der Waals surface area contributed by atoms with E-state index in [1.165, 1.54) is 0 Å². The monoisotopic (exact) mass is 207 g/mol. The Morgan fingerprint density at radius 2 is 2.21 bits per heavy atom. The number of nitrogens with one attached hydrogen (secondary N) is 1. The number of aromatic nitrogens is 1. The first-order valence-electron chi connectivity index (χ1n) is 4.14. The molecule has 2 N–H and O–H groups in total. The topological polar surface area (TPSA) is 53.1 Å². The molecule has 0 saturated carbocycles. The fourth-order valence-corrected chi connectivity index (χ4v) is 1.86. The van der Waals surface area contributed by atoms with Gasteiger partial charge in [-0.2, -0.15) is 0 Å². The quantitative estimate of drug-likeness (QED) is 0.752. The normalized spacial score (nSPS) is 10.4. The second-order valence-corrected chi connectivity index (χ2v) is 3.92. The number of benzene rings is 1. The standard InChI is InChI=1S/C10H9NO2S/c1-6-2-3-9(12)7(4-6)8-5-14-10(13)11-8/h2-5,12H,1H3,(H,11,13). The predicted molar refractivity (Wildman–Crippen MR) is 56.8 cm³/mol. The second-order valence-electron chi connectivity index (χ2n) is 3.08. The van der Waals surface area contributed by atoms with Crippen molar-refractivity contribution in [3.63, 3.8) is 0 Å². The van der Waals surface area contributed by atoms with Crippen molar-refractivity contribution in [3.05, 3.63) is 38.8 Å². The molecule has 3 nitrogen and oxygen atoms in total. The van der Waals surface area contributed by atoms with Gasteiger partial charge >= 0.3 is 4.87 Å². The van der Waals surface area contributed by atoms with Crippen LogP contribution in [-0.4, -0.2) is 10.1 Å². The zero-order valence-electron chi connectivity index (χ0n) is 7.57. The highest BCUT2D eigenvalue weighted by Crippen LogP contribution is 2.28. The minimum absolute atomic E-state index is 0.110. The van der Waals surface area contributed by atoms with Crippen LogP contribution in [0.3, 0.4) is 0 Å². The van der Waals surface area contributed by atoms with E-state index in [1.54, 1.807) is 11.4 Å². The van der Waals surface area contributed by atoms with Crippen molar-refractivity contribution in [2.75, 3.05) is 0 Å². The maximum absolute atomic E-state index is 10.9. The molecule has 0 spiro atoms. The molecule has 0 aliphatic rings. The van der Waals surface area contributed by atoms with E-state index in [0.29, 0.717) is 11.3 Å². The van der Waals surface area contributed by atoms with E-state index >= 15 is 0 Å². The molecule has 1 heterocycles. The van der Waals surface area contributed by atoms with Crippen LogP contribution in [0.5, 0.6) is 5.75 Å². The smallest absolute Gasteiger partial charge is 0.304 e. The first-order chi connectivity index (χ1) is 6.66. The SMILES string of the molecule is Cc1ccc(O)c(-c2csc(=O)[nH]2)c1. The molecule has 0 amide bonds. The van der Waals surface area contributed by atoms with E-state index in [2.05, 4.69) is 4.98 Å². The lowest BCUT2D eigenvalue weighted by Crippen LogP contribution is -1.92. The van der Waals surface area contributed by atoms with E-state index < -0.39 is 0 Å². The zero-order chi connectivity index (χ0) is 10.1. The van der Waals surface area contributed by atoms with Gasteiger partial charge in [-0.05, 0) is 19.1 Å². The molecule has 0 unspecified atom stereocenters. The van der Waals surface area contributed by atoms with Gasteiger partial charge in [0.05, 0.1) is 5.69 Å². The highest BCUT2D eigenvalue weighted by Gasteiger charge is 2.06. The third kappa shape index (κ3) is 1.56. The summed E-state index contributed by atoms with van der Waals surface area (Å²) in [5.74, 6) is 0.185. The summed E-state index contributed by atoms with van der Waals surface area (Å²) >= 11 is 1.09. The number of phenols is 1. The molecule has 14 heavy (non-hydrogen) atoms. The highest BCUT2D eigenvalue weighted by molar-refractivity contribution is 7.07. The van der Waals surface area contributed by atoms with Crippen LogP contribution in [0.25, 0.3) is 11.3 Å². The Balaban J connectivity index is 2.61. The van der Waals surface area contributed by atoms with E-state index in [1.807, 2.05) is 19.1 Å². The van der Waals surface area contributed by atoms with Gasteiger partial charge in [0.25, 0.3) is 0 Å². The average molecular weight is 207 g/mol. The maximum atomic E-state index is 10.9. The summed E-state index contributed by atoms with van der Waals surface area (Å²) in [5, 5.41) is 11.3. The average Bonchev–Trinajstić information content (AvgIpc) is 2.56. The molecule has 72 valence electrons. The van der Waals surface area contributed by atoms with Crippen LogP contribution in [0.2, 0.25) is 0 Å². The lowest BCUT2D eigenvalue weighted by molar-refractivity contribution is 0.477. The first kappa shape index (κ1) is 9.02. The van der Waals surface area contributed by atoms with Gasteiger partial charge in [-0.25, -0.2) is 0 Å². The van der Waals surface area contributed by atoms with Crippen molar-refractivity contribution in [2.24, 2.45) is 0 Å². The summed E-state index contributed by atoms with van der Waals surface area (Å²) in [6.45, 7) is 1.94. The number of phenolic OH excluding ortho intramolecular Hbond substituents is 1. The van der Waals surface area contributed by atoms with Crippen molar-refractivity contribution in [3.8, 4) is 17.0 Å². The van der Waals surface area contributed by atoms with E-state index in [0.717, 1.165) is 16.9 Å². The third-order valence-electron chi connectivity index (χ3n) is 1.96. The van der Waals surface area contributed by atoms with Gasteiger partial charge in [-0.3, -0.25) is 4.79 Å². The number of aryl methyl sites for hydroxylation is 1. The Morgan fingerprint density at radius 1 is 1.43 bits per heavy atom. The Labute approximate surface area is 84.7 Å². The molecule has 0 aliphatic carbocycles. The molecule has 2 aromatic rings. The largest absolute Gasteiger partial charge is 0.507 e. The Hall–Kier alpha value is -1.55. The van der Waals surface area contributed by atoms with Gasteiger partial charge in [-0.15, -0.1) is 0 Å². The summed E-state index contributed by atoms with van der Waals surface area (Å²) in [6.07, 6.45) is 0. The maximum Gasteiger partial charge on any atom is 0.304 e. The van der Waals surface area contributed by atoms with Crippen molar-refractivity contribution >= 4 is 11.3 Å². The molecule has 2 rings (SSSR count). The van der Waals surface area contributed by atoms with E-state index in [9.17, 15) is 9.90 Å². The molecule has 0 fully saturated rings. The van der Waals surface area contributed by atoms with Gasteiger partial charge in [0.2, 0.25) is 0 Å². The minimum atomic E-state index is -0.110. The van der Waals surface area contributed by atoms with E-state index in [4.69, 9.17) is 0 Å². The Bertz CT molecular complexity index is 513. The molecule has 0 atom stereocenters. The Morgan fingerprint density at radius 3 is 2.86 bits per heavy atom. The predicted octanol–water partition coefficient (Wildman–Crippen LogP) is 2.12. The first-order valence-corrected chi connectivity index (χ1v) is 5.02. The summed E-state index contributed by atoms with van der Waals surface area (Å²) in [5.41, 5.74) is 2.38. The second kappa shape index (κ2) is 3.31. The van der Waals surface area contributed by atoms with Crippen molar-refractivity contribution < 1.29 is 5.11 Å². The molecule has 1 aromatic carbocycles. The molecule has 0 saturated heterocycles. The van der Waals surface area contributed by atoms with Crippen LogP contribution < -0.4 is 4.87 Å². The van der Waals surface area contributed by atoms with Crippen LogP contribution in [0.4, 0.5) is 0 Å². The molecule has 1 aromatic heterocycles. The number of thiazole rings is 1. The molecule has 0 aliphatic heterocycles. The van der Waals surface area contributed by atoms with Crippen molar-refractivity contribution in [1.82, 2.24) is 4.98 Å². The number of aromatic hydroxyl groups is 1. The molecule has 0 radical (unpaired) electrons. The molecular formula is C10H9NO2S. The lowest BCUT2D eigenvalue weighted by Gasteiger charge is -2.02. The van der Waals surface area contributed by atoms with E-state index in [-0.39, 0.29) is 10.6 Å². The molecule has 4 heteroatoms. The van der Waals surface area contributed by atoms with Crippen LogP contribution in [0.1, 0.15) is 5.56 Å². The number of rotatable bonds is 1. The lowest BCUT2D eigenvalue weighted by atomic mass is 10.1. The van der Waals surface area contributed by atoms with Crippen LogP contribution in [-0.2, 0) is 0 Å².